The average Bonchev–Trinajstić information content (AvgIpc) is 3.16. The molecule has 134 valence electrons. The standard InChI is InChI=1S/C16H19ClN4O3S/c1-25(23,24)20-14-7-12(17)6-13(8-14)19-16(22)11-9-18-21(10-11)15-4-2-3-5-15/h6-10,15,20H,2-5H2,1H3,(H,19,22). The minimum Gasteiger partial charge on any atom is -0.322 e. The van der Waals surface area contributed by atoms with Crippen LogP contribution in [0.15, 0.2) is 30.6 Å². The van der Waals surface area contributed by atoms with E-state index in [9.17, 15) is 13.2 Å². The van der Waals surface area contributed by atoms with E-state index in [1.165, 1.54) is 31.2 Å². The molecule has 7 nitrogen and oxygen atoms in total. The molecule has 25 heavy (non-hydrogen) atoms. The van der Waals surface area contributed by atoms with Gasteiger partial charge in [0.1, 0.15) is 0 Å². The van der Waals surface area contributed by atoms with Crippen molar-refractivity contribution in [3.8, 4) is 0 Å². The van der Waals surface area contributed by atoms with Crippen LogP contribution in [0.25, 0.3) is 0 Å². The van der Waals surface area contributed by atoms with Gasteiger partial charge in [-0.2, -0.15) is 5.10 Å². The van der Waals surface area contributed by atoms with Gasteiger partial charge in [-0.15, -0.1) is 0 Å². The van der Waals surface area contributed by atoms with Gasteiger partial charge in [-0.1, -0.05) is 24.4 Å². The first-order valence-electron chi connectivity index (χ1n) is 7.94. The lowest BCUT2D eigenvalue weighted by molar-refractivity contribution is 0.102. The minimum absolute atomic E-state index is 0.284. The number of nitrogens with one attached hydrogen (secondary N) is 2. The van der Waals surface area contributed by atoms with E-state index in [-0.39, 0.29) is 11.6 Å². The zero-order valence-electron chi connectivity index (χ0n) is 13.7. The molecule has 1 saturated carbocycles. The molecule has 0 bridgehead atoms. The third-order valence-electron chi connectivity index (χ3n) is 4.02. The van der Waals surface area contributed by atoms with E-state index in [4.69, 9.17) is 11.6 Å². The van der Waals surface area contributed by atoms with Gasteiger partial charge in [-0.3, -0.25) is 14.2 Å². The molecule has 1 fully saturated rings. The van der Waals surface area contributed by atoms with E-state index in [1.807, 2.05) is 4.68 Å². The minimum atomic E-state index is -3.43. The second-order valence-corrected chi connectivity index (χ2v) is 8.39. The molecular formula is C16H19ClN4O3S. The Hall–Kier alpha value is -2.06. The number of sulfonamides is 1. The quantitative estimate of drug-likeness (QED) is 0.829. The molecule has 2 aromatic rings. The highest BCUT2D eigenvalue weighted by molar-refractivity contribution is 7.92. The molecule has 3 rings (SSSR count). The Balaban J connectivity index is 1.74. The van der Waals surface area contributed by atoms with Gasteiger partial charge >= 0.3 is 0 Å². The molecule has 1 heterocycles. The lowest BCUT2D eigenvalue weighted by atomic mass is 10.2. The predicted octanol–water partition coefficient (Wildman–Crippen LogP) is 3.28. The van der Waals surface area contributed by atoms with Crippen LogP contribution in [0.4, 0.5) is 11.4 Å². The summed E-state index contributed by atoms with van der Waals surface area (Å²) < 4.78 is 26.9. The first-order valence-corrected chi connectivity index (χ1v) is 10.2. The van der Waals surface area contributed by atoms with Crippen LogP contribution in [0.3, 0.4) is 0 Å². The number of hydrogen-bond acceptors (Lipinski definition) is 4. The van der Waals surface area contributed by atoms with E-state index in [0.717, 1.165) is 19.1 Å². The third-order valence-corrected chi connectivity index (χ3v) is 4.85. The molecule has 1 aromatic carbocycles. The Morgan fingerprint density at radius 1 is 1.24 bits per heavy atom. The van der Waals surface area contributed by atoms with Crippen LogP contribution >= 0.6 is 11.6 Å². The van der Waals surface area contributed by atoms with Crippen molar-refractivity contribution < 1.29 is 13.2 Å². The average molecular weight is 383 g/mol. The summed E-state index contributed by atoms with van der Waals surface area (Å²) in [6, 6.07) is 4.88. The summed E-state index contributed by atoms with van der Waals surface area (Å²) in [5.74, 6) is -0.322. The van der Waals surface area contributed by atoms with Crippen molar-refractivity contribution in [1.82, 2.24) is 9.78 Å². The van der Waals surface area contributed by atoms with Crippen molar-refractivity contribution in [3.63, 3.8) is 0 Å². The van der Waals surface area contributed by atoms with Crippen LogP contribution < -0.4 is 10.0 Å². The molecular weight excluding hydrogens is 364 g/mol. The molecule has 0 aliphatic heterocycles. The second kappa shape index (κ2) is 7.05. The number of carbonyl (C=O) groups is 1. The zero-order valence-corrected chi connectivity index (χ0v) is 15.3. The second-order valence-electron chi connectivity index (χ2n) is 6.20. The lowest BCUT2D eigenvalue weighted by Gasteiger charge is -2.09. The summed E-state index contributed by atoms with van der Waals surface area (Å²) >= 11 is 6.00. The van der Waals surface area contributed by atoms with Crippen molar-refractivity contribution in [1.29, 1.82) is 0 Å². The van der Waals surface area contributed by atoms with Crippen molar-refractivity contribution in [3.05, 3.63) is 41.2 Å². The van der Waals surface area contributed by atoms with Gasteiger partial charge in [0.25, 0.3) is 5.91 Å². The molecule has 1 aromatic heterocycles. The Morgan fingerprint density at radius 2 is 1.92 bits per heavy atom. The number of benzene rings is 1. The van der Waals surface area contributed by atoms with Crippen LogP contribution in [0.2, 0.25) is 5.02 Å². The maximum Gasteiger partial charge on any atom is 0.258 e. The Kier molecular flexibility index (Phi) is 5.01. The molecule has 0 spiro atoms. The summed E-state index contributed by atoms with van der Waals surface area (Å²) in [7, 11) is -3.43. The SMILES string of the molecule is CS(=O)(=O)Nc1cc(Cl)cc(NC(=O)c2cnn(C3CCCC3)c2)c1. The first-order chi connectivity index (χ1) is 11.8. The number of hydrogen-bond donors (Lipinski definition) is 2. The number of carbonyl (C=O) groups excluding carboxylic acids is 1. The molecule has 1 amide bonds. The zero-order chi connectivity index (χ0) is 18.0. The van der Waals surface area contributed by atoms with Crippen molar-refractivity contribution >= 4 is 38.9 Å². The topological polar surface area (TPSA) is 93.1 Å². The number of halogens is 1. The normalized spacial score (nSPS) is 15.3. The number of aromatic nitrogens is 2. The number of nitrogens with zero attached hydrogens (tertiary/aromatic N) is 2. The Labute approximate surface area is 151 Å². The number of rotatable bonds is 5. The van der Waals surface area contributed by atoms with Crippen LogP contribution in [-0.2, 0) is 10.0 Å². The summed E-state index contributed by atoms with van der Waals surface area (Å²) in [4.78, 5) is 12.4. The predicted molar refractivity (Wildman–Crippen MR) is 97.6 cm³/mol. The molecule has 1 aliphatic rings. The molecule has 2 N–H and O–H groups in total. The number of anilines is 2. The summed E-state index contributed by atoms with van der Waals surface area (Å²) in [5, 5.41) is 7.31. The molecule has 0 unspecified atom stereocenters. The molecule has 0 saturated heterocycles. The van der Waals surface area contributed by atoms with E-state index in [0.29, 0.717) is 22.3 Å². The van der Waals surface area contributed by atoms with Crippen LogP contribution in [-0.4, -0.2) is 30.4 Å². The molecule has 0 radical (unpaired) electrons. The van der Waals surface area contributed by atoms with Gasteiger partial charge < -0.3 is 5.32 Å². The van der Waals surface area contributed by atoms with Gasteiger partial charge in [0.05, 0.1) is 29.7 Å². The Bertz CT molecular complexity index is 889. The Morgan fingerprint density at radius 3 is 2.60 bits per heavy atom. The maximum absolute atomic E-state index is 12.4. The van der Waals surface area contributed by atoms with Crippen LogP contribution in [0, 0.1) is 0 Å². The van der Waals surface area contributed by atoms with Gasteiger partial charge in [-0.25, -0.2) is 8.42 Å². The highest BCUT2D eigenvalue weighted by Crippen LogP contribution is 2.29. The first kappa shape index (κ1) is 17.8. The van der Waals surface area contributed by atoms with Gasteiger partial charge in [0.2, 0.25) is 10.0 Å². The summed E-state index contributed by atoms with van der Waals surface area (Å²) in [6.07, 6.45) is 8.85. The highest BCUT2D eigenvalue weighted by atomic mass is 35.5. The van der Waals surface area contributed by atoms with Crippen molar-refractivity contribution in [2.45, 2.75) is 31.7 Å². The summed E-state index contributed by atoms with van der Waals surface area (Å²) in [6.45, 7) is 0. The third kappa shape index (κ3) is 4.73. The fourth-order valence-electron chi connectivity index (χ4n) is 2.96. The van der Waals surface area contributed by atoms with E-state index < -0.39 is 10.0 Å². The van der Waals surface area contributed by atoms with E-state index in [2.05, 4.69) is 15.1 Å². The smallest absolute Gasteiger partial charge is 0.258 e. The van der Waals surface area contributed by atoms with Crippen LogP contribution in [0.5, 0.6) is 0 Å². The monoisotopic (exact) mass is 382 g/mol. The van der Waals surface area contributed by atoms with Gasteiger partial charge in [0.15, 0.2) is 0 Å². The maximum atomic E-state index is 12.4. The fourth-order valence-corrected chi connectivity index (χ4v) is 3.74. The van der Waals surface area contributed by atoms with Gasteiger partial charge in [-0.05, 0) is 31.0 Å². The molecule has 1 aliphatic carbocycles. The van der Waals surface area contributed by atoms with E-state index in [1.54, 1.807) is 12.3 Å². The van der Waals surface area contributed by atoms with Crippen molar-refractivity contribution in [2.24, 2.45) is 0 Å². The molecule has 9 heteroatoms. The van der Waals surface area contributed by atoms with Crippen LogP contribution in [0.1, 0.15) is 42.1 Å². The summed E-state index contributed by atoms with van der Waals surface area (Å²) in [5.41, 5.74) is 1.13. The van der Waals surface area contributed by atoms with Gasteiger partial charge in [0, 0.05) is 16.9 Å². The van der Waals surface area contributed by atoms with E-state index >= 15 is 0 Å². The number of amides is 1. The molecule has 0 atom stereocenters. The fraction of sp³-hybridized carbons (Fsp3) is 0.375. The van der Waals surface area contributed by atoms with Crippen molar-refractivity contribution in [2.75, 3.05) is 16.3 Å². The lowest BCUT2D eigenvalue weighted by Crippen LogP contribution is -2.13. The largest absolute Gasteiger partial charge is 0.322 e. The highest BCUT2D eigenvalue weighted by Gasteiger charge is 2.19.